The average molecular weight is 419 g/mol. The number of alkyl halides is 2. The van der Waals surface area contributed by atoms with Crippen molar-refractivity contribution in [1.82, 2.24) is 4.90 Å². The molecule has 160 valence electrons. The largest absolute Gasteiger partial charge is 0.437 e. The van der Waals surface area contributed by atoms with Gasteiger partial charge in [-0.05, 0) is 41.8 Å². The molecule has 2 atom stereocenters. The van der Waals surface area contributed by atoms with Gasteiger partial charge >= 0.3 is 12.7 Å². The Bertz CT molecular complexity index is 870. The van der Waals surface area contributed by atoms with Gasteiger partial charge in [-0.15, -0.1) is 6.58 Å². The molecule has 1 heterocycles. The molecule has 2 unspecified atom stereocenters. The Morgan fingerprint density at radius 1 is 1.20 bits per heavy atom. The Labute approximate surface area is 173 Å². The Hall–Kier alpha value is -2.96. The smallest absolute Gasteiger partial charge is 0.411 e. The first kappa shape index (κ1) is 21.7. The Morgan fingerprint density at radius 3 is 2.40 bits per heavy atom. The quantitative estimate of drug-likeness (QED) is 0.479. The Kier molecular flexibility index (Phi) is 6.70. The minimum absolute atomic E-state index is 0.0612. The standard InChI is InChI=1S/C23H24F3NO3/c1-3-13-23(17-7-9-18(24)10-8-17)14-15-27(22(28)30-23)20(4-2)16-5-11-19(12-6-16)29-21(25)26/h3,5-12,20-21H,1,4,13-15H2,2H3. The summed E-state index contributed by atoms with van der Waals surface area (Å²) in [6, 6.07) is 11.9. The molecule has 3 rings (SSSR count). The third kappa shape index (κ3) is 4.61. The van der Waals surface area contributed by atoms with Gasteiger partial charge in [0.15, 0.2) is 0 Å². The number of ether oxygens (including phenoxy) is 2. The van der Waals surface area contributed by atoms with E-state index in [0.29, 0.717) is 25.8 Å². The summed E-state index contributed by atoms with van der Waals surface area (Å²) in [7, 11) is 0. The minimum atomic E-state index is -2.89. The molecule has 1 aliphatic heterocycles. The summed E-state index contributed by atoms with van der Waals surface area (Å²) in [4.78, 5) is 14.6. The zero-order chi connectivity index (χ0) is 21.7. The minimum Gasteiger partial charge on any atom is -0.437 e. The highest BCUT2D eigenvalue weighted by molar-refractivity contribution is 5.70. The molecule has 1 aliphatic rings. The van der Waals surface area contributed by atoms with Crippen LogP contribution < -0.4 is 4.74 Å². The van der Waals surface area contributed by atoms with E-state index in [-0.39, 0.29) is 17.6 Å². The van der Waals surface area contributed by atoms with E-state index in [1.54, 1.807) is 35.2 Å². The molecule has 2 aromatic rings. The molecule has 0 aliphatic carbocycles. The van der Waals surface area contributed by atoms with Crippen LogP contribution in [0.1, 0.15) is 43.4 Å². The molecule has 30 heavy (non-hydrogen) atoms. The molecule has 7 heteroatoms. The Morgan fingerprint density at radius 2 is 1.87 bits per heavy atom. The average Bonchev–Trinajstić information content (AvgIpc) is 2.71. The SMILES string of the molecule is C=CCC1(c2ccc(F)cc2)CCN(C(CC)c2ccc(OC(F)F)cc2)C(=O)O1. The summed E-state index contributed by atoms with van der Waals surface area (Å²) in [5.74, 6) is -0.298. The lowest BCUT2D eigenvalue weighted by atomic mass is 9.85. The van der Waals surface area contributed by atoms with Crippen LogP contribution in [0.3, 0.4) is 0 Å². The van der Waals surface area contributed by atoms with Crippen molar-refractivity contribution >= 4 is 6.09 Å². The second-order valence-corrected chi connectivity index (χ2v) is 7.18. The normalized spacial score (nSPS) is 20.0. The zero-order valence-electron chi connectivity index (χ0n) is 16.7. The van der Waals surface area contributed by atoms with Crippen molar-refractivity contribution in [3.8, 4) is 5.75 Å². The van der Waals surface area contributed by atoms with Crippen LogP contribution in [0.5, 0.6) is 5.75 Å². The van der Waals surface area contributed by atoms with Crippen LogP contribution in [0.4, 0.5) is 18.0 Å². The summed E-state index contributed by atoms with van der Waals surface area (Å²) in [6.07, 6.45) is 2.75. The predicted octanol–water partition coefficient (Wildman–Crippen LogP) is 6.19. The van der Waals surface area contributed by atoms with E-state index < -0.39 is 18.3 Å². The molecule has 0 spiro atoms. The van der Waals surface area contributed by atoms with Crippen molar-refractivity contribution in [3.63, 3.8) is 0 Å². The molecule has 0 saturated carbocycles. The number of hydrogen-bond donors (Lipinski definition) is 0. The summed E-state index contributed by atoms with van der Waals surface area (Å²) in [6.45, 7) is 3.25. The first-order valence-electron chi connectivity index (χ1n) is 9.80. The van der Waals surface area contributed by atoms with Crippen LogP contribution in [0.15, 0.2) is 61.2 Å². The molecule has 1 saturated heterocycles. The van der Waals surface area contributed by atoms with Gasteiger partial charge in [0.2, 0.25) is 0 Å². The fourth-order valence-electron chi connectivity index (χ4n) is 3.91. The first-order valence-corrected chi connectivity index (χ1v) is 9.80. The number of rotatable bonds is 8. The summed E-state index contributed by atoms with van der Waals surface area (Å²) in [5, 5.41) is 0. The van der Waals surface area contributed by atoms with Crippen LogP contribution in [0, 0.1) is 5.82 Å². The molecule has 0 bridgehead atoms. The number of cyclic esters (lactones) is 1. The number of benzene rings is 2. The number of hydrogen-bond acceptors (Lipinski definition) is 3. The van der Waals surface area contributed by atoms with Gasteiger partial charge in [-0.25, -0.2) is 9.18 Å². The lowest BCUT2D eigenvalue weighted by Crippen LogP contribution is -2.49. The summed E-state index contributed by atoms with van der Waals surface area (Å²) < 4.78 is 48.4. The third-order valence-corrected chi connectivity index (χ3v) is 5.37. The van der Waals surface area contributed by atoms with Crippen LogP contribution in [0.2, 0.25) is 0 Å². The number of halogens is 3. The van der Waals surface area contributed by atoms with Gasteiger partial charge < -0.3 is 14.4 Å². The molecule has 1 fully saturated rings. The fourth-order valence-corrected chi connectivity index (χ4v) is 3.91. The van der Waals surface area contributed by atoms with Crippen LogP contribution in [-0.2, 0) is 10.3 Å². The van der Waals surface area contributed by atoms with E-state index in [9.17, 15) is 18.0 Å². The maximum atomic E-state index is 13.4. The van der Waals surface area contributed by atoms with Gasteiger partial charge in [0.25, 0.3) is 0 Å². The van der Waals surface area contributed by atoms with E-state index in [0.717, 1.165) is 11.1 Å². The highest BCUT2D eigenvalue weighted by Gasteiger charge is 2.43. The van der Waals surface area contributed by atoms with Crippen molar-refractivity contribution in [2.24, 2.45) is 0 Å². The molecular formula is C23H24F3NO3. The van der Waals surface area contributed by atoms with Gasteiger partial charge in [0.1, 0.15) is 17.2 Å². The summed E-state index contributed by atoms with van der Waals surface area (Å²) >= 11 is 0. The van der Waals surface area contributed by atoms with Crippen LogP contribution in [-0.4, -0.2) is 24.1 Å². The van der Waals surface area contributed by atoms with E-state index in [4.69, 9.17) is 4.74 Å². The number of carbonyl (C=O) groups excluding carboxylic acids is 1. The van der Waals surface area contributed by atoms with Gasteiger partial charge in [0.05, 0.1) is 6.04 Å². The van der Waals surface area contributed by atoms with Gasteiger partial charge in [-0.3, -0.25) is 0 Å². The number of amides is 1. The fraction of sp³-hybridized carbons (Fsp3) is 0.348. The molecular weight excluding hydrogens is 395 g/mol. The lowest BCUT2D eigenvalue weighted by Gasteiger charge is -2.43. The maximum absolute atomic E-state index is 13.4. The monoisotopic (exact) mass is 419 g/mol. The number of carbonyl (C=O) groups is 1. The molecule has 4 nitrogen and oxygen atoms in total. The van der Waals surface area contributed by atoms with Crippen molar-refractivity contribution < 1.29 is 27.4 Å². The van der Waals surface area contributed by atoms with Crippen LogP contribution >= 0.6 is 0 Å². The highest BCUT2D eigenvalue weighted by Crippen LogP contribution is 2.40. The predicted molar refractivity (Wildman–Crippen MR) is 107 cm³/mol. The van der Waals surface area contributed by atoms with E-state index in [1.807, 2.05) is 6.92 Å². The van der Waals surface area contributed by atoms with Gasteiger partial charge in [-0.2, -0.15) is 8.78 Å². The lowest BCUT2D eigenvalue weighted by molar-refractivity contribution is -0.0607. The first-order chi connectivity index (χ1) is 14.4. The Balaban J connectivity index is 1.80. The molecule has 2 aromatic carbocycles. The van der Waals surface area contributed by atoms with Crippen molar-refractivity contribution in [3.05, 3.63) is 78.1 Å². The molecule has 0 aromatic heterocycles. The van der Waals surface area contributed by atoms with Crippen molar-refractivity contribution in [2.75, 3.05) is 6.54 Å². The van der Waals surface area contributed by atoms with E-state index in [1.165, 1.54) is 24.3 Å². The third-order valence-electron chi connectivity index (χ3n) is 5.37. The van der Waals surface area contributed by atoms with Crippen LogP contribution in [0.25, 0.3) is 0 Å². The van der Waals surface area contributed by atoms with Gasteiger partial charge in [0, 0.05) is 19.4 Å². The molecule has 0 radical (unpaired) electrons. The number of nitrogens with zero attached hydrogens (tertiary/aromatic N) is 1. The van der Waals surface area contributed by atoms with Crippen molar-refractivity contribution in [1.29, 1.82) is 0 Å². The zero-order valence-corrected chi connectivity index (χ0v) is 16.7. The highest BCUT2D eigenvalue weighted by atomic mass is 19.3. The second kappa shape index (κ2) is 9.24. The molecule has 1 amide bonds. The topological polar surface area (TPSA) is 38.8 Å². The second-order valence-electron chi connectivity index (χ2n) is 7.18. The van der Waals surface area contributed by atoms with E-state index in [2.05, 4.69) is 11.3 Å². The van der Waals surface area contributed by atoms with Crippen molar-refractivity contribution in [2.45, 2.75) is 44.4 Å². The maximum Gasteiger partial charge on any atom is 0.411 e. The molecule has 0 N–H and O–H groups in total. The van der Waals surface area contributed by atoms with E-state index >= 15 is 0 Å². The van der Waals surface area contributed by atoms with Gasteiger partial charge in [-0.1, -0.05) is 37.3 Å². The summed E-state index contributed by atoms with van der Waals surface area (Å²) in [5.41, 5.74) is 0.628.